The van der Waals surface area contributed by atoms with E-state index in [1.54, 1.807) is 18.2 Å². The molecular formula is C22H33O4-. The molecule has 0 radical (unpaired) electrons. The lowest BCUT2D eigenvalue weighted by molar-refractivity contribution is -0.305. The van der Waals surface area contributed by atoms with Crippen molar-refractivity contribution in [1.82, 2.24) is 0 Å². The molecule has 0 rings (SSSR count). The third kappa shape index (κ3) is 18.4. The Morgan fingerprint density at radius 1 is 0.885 bits per heavy atom. The highest BCUT2D eigenvalue weighted by Gasteiger charge is 1.98. The first-order chi connectivity index (χ1) is 12.6. The summed E-state index contributed by atoms with van der Waals surface area (Å²) in [6, 6.07) is 0. The lowest BCUT2D eigenvalue weighted by atomic mass is 10.1. The van der Waals surface area contributed by atoms with Gasteiger partial charge in [0.25, 0.3) is 0 Å². The minimum absolute atomic E-state index is 0.0805. The zero-order chi connectivity index (χ0) is 19.5. The van der Waals surface area contributed by atoms with Crippen molar-refractivity contribution in [3.05, 3.63) is 60.8 Å². The molecule has 0 aliphatic carbocycles. The largest absolute Gasteiger partial charge is 0.550 e. The highest BCUT2D eigenvalue weighted by molar-refractivity contribution is 5.64. The summed E-state index contributed by atoms with van der Waals surface area (Å²) in [5, 5.41) is 29.8. The Morgan fingerprint density at radius 3 is 2.27 bits per heavy atom. The molecule has 0 aromatic rings. The van der Waals surface area contributed by atoms with Crippen molar-refractivity contribution in [1.29, 1.82) is 0 Å². The third-order valence-corrected chi connectivity index (χ3v) is 3.59. The molecule has 2 unspecified atom stereocenters. The molecule has 0 heterocycles. The summed E-state index contributed by atoms with van der Waals surface area (Å²) in [6.07, 6.45) is 23.2. The summed E-state index contributed by atoms with van der Waals surface area (Å²) in [5.74, 6) is -1.02. The van der Waals surface area contributed by atoms with Gasteiger partial charge in [0, 0.05) is 5.97 Å². The molecule has 0 amide bonds. The smallest absolute Gasteiger partial charge is 0.0758 e. The van der Waals surface area contributed by atoms with E-state index in [2.05, 4.69) is 19.1 Å². The number of aliphatic hydroxyl groups is 2. The molecule has 0 bridgehead atoms. The molecular weight excluding hydrogens is 328 g/mol. The van der Waals surface area contributed by atoms with Crippen LogP contribution in [0.5, 0.6) is 0 Å². The Hall–Kier alpha value is -1.91. The van der Waals surface area contributed by atoms with E-state index in [4.69, 9.17) is 0 Å². The summed E-state index contributed by atoms with van der Waals surface area (Å²) < 4.78 is 0. The molecule has 0 saturated heterocycles. The van der Waals surface area contributed by atoms with Crippen LogP contribution < -0.4 is 5.11 Å². The van der Waals surface area contributed by atoms with E-state index in [9.17, 15) is 20.1 Å². The van der Waals surface area contributed by atoms with Gasteiger partial charge in [-0.2, -0.15) is 0 Å². The van der Waals surface area contributed by atoms with Gasteiger partial charge in [0.2, 0.25) is 0 Å². The number of carboxylic acid groups (broad SMARTS) is 1. The second-order valence-electron chi connectivity index (χ2n) is 6.08. The van der Waals surface area contributed by atoms with Gasteiger partial charge in [-0.1, -0.05) is 80.5 Å². The van der Waals surface area contributed by atoms with Crippen molar-refractivity contribution >= 4 is 5.97 Å². The number of hydrogen-bond donors (Lipinski definition) is 2. The fourth-order valence-electron chi connectivity index (χ4n) is 2.15. The van der Waals surface area contributed by atoms with Crippen molar-refractivity contribution in [2.75, 3.05) is 0 Å². The molecule has 0 aliphatic heterocycles. The third-order valence-electron chi connectivity index (χ3n) is 3.59. The second kappa shape index (κ2) is 17.9. The van der Waals surface area contributed by atoms with Crippen LogP contribution in [0.15, 0.2) is 60.8 Å². The standard InChI is InChI=1S/C22H34O4/c1-2-3-4-5-6-7-10-15-20(23)16-11-8-12-17-21(24)18-13-9-14-19-22(25)26/h3-4,6-8,10-12,15,17,20-21,23-24H,2,5,9,13-14,16,18-19H2,1H3,(H,25,26)/p-1/b4-3-,7-6-,11-8-,15-10+,17-12+. The topological polar surface area (TPSA) is 80.6 Å². The number of hydrogen-bond acceptors (Lipinski definition) is 4. The van der Waals surface area contributed by atoms with Crippen LogP contribution in [0, 0.1) is 0 Å². The zero-order valence-electron chi connectivity index (χ0n) is 15.8. The average Bonchev–Trinajstić information content (AvgIpc) is 2.60. The van der Waals surface area contributed by atoms with Crippen molar-refractivity contribution in [2.24, 2.45) is 0 Å². The van der Waals surface area contributed by atoms with Crippen LogP contribution in [0.4, 0.5) is 0 Å². The quantitative estimate of drug-likeness (QED) is 0.266. The maximum absolute atomic E-state index is 10.3. The summed E-state index contributed by atoms with van der Waals surface area (Å²) in [4.78, 5) is 10.3. The van der Waals surface area contributed by atoms with Crippen LogP contribution in [0.25, 0.3) is 0 Å². The predicted octanol–water partition coefficient (Wildman–Crippen LogP) is 3.38. The zero-order valence-corrected chi connectivity index (χ0v) is 15.8. The number of aliphatic carboxylic acids is 1. The van der Waals surface area contributed by atoms with Gasteiger partial charge in [-0.25, -0.2) is 0 Å². The van der Waals surface area contributed by atoms with E-state index in [1.165, 1.54) is 0 Å². The van der Waals surface area contributed by atoms with Crippen LogP contribution in [0.2, 0.25) is 0 Å². The first kappa shape index (κ1) is 24.1. The average molecular weight is 362 g/mol. The number of aliphatic hydroxyl groups excluding tert-OH is 2. The van der Waals surface area contributed by atoms with Gasteiger partial charge in [-0.3, -0.25) is 0 Å². The Bertz CT molecular complexity index is 486. The van der Waals surface area contributed by atoms with Crippen LogP contribution in [0.3, 0.4) is 0 Å². The van der Waals surface area contributed by atoms with Crippen molar-refractivity contribution in [3.8, 4) is 0 Å². The summed E-state index contributed by atoms with van der Waals surface area (Å²) in [6.45, 7) is 2.10. The van der Waals surface area contributed by atoms with Gasteiger partial charge in [-0.05, 0) is 38.5 Å². The van der Waals surface area contributed by atoms with E-state index in [0.717, 1.165) is 25.7 Å². The van der Waals surface area contributed by atoms with Crippen LogP contribution >= 0.6 is 0 Å². The van der Waals surface area contributed by atoms with Gasteiger partial charge in [0.1, 0.15) is 0 Å². The lowest BCUT2D eigenvalue weighted by Crippen LogP contribution is -2.21. The van der Waals surface area contributed by atoms with Crippen LogP contribution in [-0.4, -0.2) is 28.4 Å². The fraction of sp³-hybridized carbons (Fsp3) is 0.500. The normalized spacial score (nSPS) is 15.2. The molecule has 26 heavy (non-hydrogen) atoms. The number of carboxylic acids is 1. The van der Waals surface area contributed by atoms with Crippen molar-refractivity contribution < 1.29 is 20.1 Å². The first-order valence-electron chi connectivity index (χ1n) is 9.43. The molecule has 146 valence electrons. The van der Waals surface area contributed by atoms with Crippen LogP contribution in [-0.2, 0) is 4.79 Å². The van der Waals surface area contributed by atoms with E-state index in [-0.39, 0.29) is 6.42 Å². The van der Waals surface area contributed by atoms with E-state index >= 15 is 0 Å². The molecule has 4 heteroatoms. The van der Waals surface area contributed by atoms with Gasteiger partial charge in [0.05, 0.1) is 12.2 Å². The van der Waals surface area contributed by atoms with E-state index in [1.807, 2.05) is 30.4 Å². The predicted molar refractivity (Wildman–Crippen MR) is 105 cm³/mol. The second-order valence-corrected chi connectivity index (χ2v) is 6.08. The van der Waals surface area contributed by atoms with E-state index in [0.29, 0.717) is 19.3 Å². The maximum atomic E-state index is 10.3. The van der Waals surface area contributed by atoms with Gasteiger partial charge < -0.3 is 20.1 Å². The monoisotopic (exact) mass is 361 g/mol. The molecule has 4 nitrogen and oxygen atoms in total. The molecule has 0 fully saturated rings. The van der Waals surface area contributed by atoms with Crippen LogP contribution in [0.1, 0.15) is 58.3 Å². The molecule has 2 N–H and O–H groups in total. The number of allylic oxidation sites excluding steroid dienone is 7. The van der Waals surface area contributed by atoms with E-state index < -0.39 is 18.2 Å². The number of carbonyl (C=O) groups is 1. The Labute approximate surface area is 157 Å². The number of rotatable bonds is 15. The Kier molecular flexibility index (Phi) is 16.6. The lowest BCUT2D eigenvalue weighted by Gasteiger charge is -2.05. The molecule has 2 atom stereocenters. The molecule has 0 saturated carbocycles. The minimum Gasteiger partial charge on any atom is -0.550 e. The minimum atomic E-state index is -1.02. The maximum Gasteiger partial charge on any atom is 0.0758 e. The molecule has 0 aromatic carbocycles. The summed E-state index contributed by atoms with van der Waals surface area (Å²) in [5.41, 5.74) is 0. The summed E-state index contributed by atoms with van der Waals surface area (Å²) >= 11 is 0. The number of carbonyl (C=O) groups excluding carboxylic acids is 1. The molecule has 0 spiro atoms. The van der Waals surface area contributed by atoms with Gasteiger partial charge >= 0.3 is 0 Å². The fourth-order valence-corrected chi connectivity index (χ4v) is 2.15. The Morgan fingerprint density at radius 2 is 1.58 bits per heavy atom. The summed E-state index contributed by atoms with van der Waals surface area (Å²) in [7, 11) is 0. The number of unbranched alkanes of at least 4 members (excludes halogenated alkanes) is 2. The van der Waals surface area contributed by atoms with Gasteiger partial charge in [-0.15, -0.1) is 0 Å². The van der Waals surface area contributed by atoms with Crippen molar-refractivity contribution in [2.45, 2.75) is 70.5 Å². The van der Waals surface area contributed by atoms with Crippen molar-refractivity contribution in [3.63, 3.8) is 0 Å². The molecule has 0 aliphatic rings. The Balaban J connectivity index is 3.80. The highest BCUT2D eigenvalue weighted by Crippen LogP contribution is 2.06. The SMILES string of the molecule is CC/C=C\C/C=C\C=C\C(O)C/C=C\C=C\C(O)CCCCCC(=O)[O-]. The highest BCUT2D eigenvalue weighted by atomic mass is 16.4. The first-order valence-corrected chi connectivity index (χ1v) is 9.43. The van der Waals surface area contributed by atoms with Gasteiger partial charge in [0.15, 0.2) is 0 Å². The molecule has 0 aromatic heterocycles.